The van der Waals surface area contributed by atoms with Crippen molar-refractivity contribution in [3.63, 3.8) is 0 Å². The molecule has 6 nitrogen and oxygen atoms in total. The molecule has 8 heteroatoms. The van der Waals surface area contributed by atoms with Gasteiger partial charge in [-0.3, -0.25) is 4.79 Å². The first-order valence-corrected chi connectivity index (χ1v) is 10.0. The smallest absolute Gasteiger partial charge is 0.243 e. The van der Waals surface area contributed by atoms with E-state index in [9.17, 15) is 13.2 Å². The van der Waals surface area contributed by atoms with Gasteiger partial charge < -0.3 is 10.6 Å². The lowest BCUT2D eigenvalue weighted by atomic mass is 9.98. The Bertz CT molecular complexity index is 716. The summed E-state index contributed by atoms with van der Waals surface area (Å²) in [5.41, 5.74) is 1.65. The second kappa shape index (κ2) is 8.49. The van der Waals surface area contributed by atoms with Crippen molar-refractivity contribution in [3.8, 4) is 0 Å². The molecule has 1 amide bonds. The summed E-state index contributed by atoms with van der Waals surface area (Å²) in [5, 5.41) is 6.01. The molecule has 0 aromatic heterocycles. The quantitative estimate of drug-likeness (QED) is 0.828. The molecule has 0 spiro atoms. The van der Waals surface area contributed by atoms with Crippen LogP contribution in [0.3, 0.4) is 0 Å². The summed E-state index contributed by atoms with van der Waals surface area (Å²) in [5.74, 6) is 0.541. The van der Waals surface area contributed by atoms with Gasteiger partial charge in [-0.15, -0.1) is 12.4 Å². The molecule has 0 atom stereocenters. The molecular weight excluding hydrogens is 362 g/mol. The van der Waals surface area contributed by atoms with Crippen LogP contribution in [-0.2, 0) is 21.2 Å². The van der Waals surface area contributed by atoms with Gasteiger partial charge in [0.25, 0.3) is 0 Å². The van der Waals surface area contributed by atoms with Crippen molar-refractivity contribution in [2.75, 3.05) is 32.0 Å². The van der Waals surface area contributed by atoms with Gasteiger partial charge in [-0.25, -0.2) is 8.42 Å². The van der Waals surface area contributed by atoms with Gasteiger partial charge in [0.05, 0.1) is 4.90 Å². The fourth-order valence-electron chi connectivity index (χ4n) is 3.50. The first kappa shape index (κ1) is 20.2. The van der Waals surface area contributed by atoms with E-state index >= 15 is 0 Å². The normalized spacial score (nSPS) is 19.5. The largest absolute Gasteiger partial charge is 0.326 e. The number of nitrogens with one attached hydrogen (secondary N) is 2. The zero-order chi connectivity index (χ0) is 17.2. The minimum absolute atomic E-state index is 0. The molecule has 2 aliphatic rings. The average molecular weight is 388 g/mol. The molecule has 0 saturated carbocycles. The van der Waals surface area contributed by atoms with Gasteiger partial charge in [-0.1, -0.05) is 0 Å². The predicted molar refractivity (Wildman–Crippen MR) is 101 cm³/mol. The van der Waals surface area contributed by atoms with E-state index in [1.807, 2.05) is 7.05 Å². The summed E-state index contributed by atoms with van der Waals surface area (Å²) in [4.78, 5) is 12.0. The molecule has 1 aromatic carbocycles. The van der Waals surface area contributed by atoms with Crippen molar-refractivity contribution in [1.82, 2.24) is 9.62 Å². The fourth-order valence-corrected chi connectivity index (χ4v) is 5.02. The van der Waals surface area contributed by atoms with Crippen LogP contribution >= 0.6 is 12.4 Å². The number of rotatable bonds is 4. The van der Waals surface area contributed by atoms with Gasteiger partial charge in [0.1, 0.15) is 0 Å². The maximum atomic E-state index is 12.9. The minimum Gasteiger partial charge on any atom is -0.326 e. The van der Waals surface area contributed by atoms with E-state index in [2.05, 4.69) is 10.6 Å². The standard InChI is InChI=1S/C17H25N3O3S.ClH/c1-18-12-13-7-9-20(10-8-13)24(22,23)15-5-6-16-14(11-15)3-2-4-17(21)19-16;/h5-6,11,13,18H,2-4,7-10,12H2,1H3,(H,19,21);1H. The monoisotopic (exact) mass is 387 g/mol. The highest BCUT2D eigenvalue weighted by Gasteiger charge is 2.29. The van der Waals surface area contributed by atoms with Gasteiger partial charge in [0.15, 0.2) is 0 Å². The molecule has 2 heterocycles. The second-order valence-electron chi connectivity index (χ2n) is 6.63. The summed E-state index contributed by atoms with van der Waals surface area (Å²) in [6, 6.07) is 5.06. The van der Waals surface area contributed by atoms with E-state index in [4.69, 9.17) is 0 Å². The van der Waals surface area contributed by atoms with E-state index in [-0.39, 0.29) is 18.3 Å². The molecule has 0 aliphatic carbocycles. The topological polar surface area (TPSA) is 78.5 Å². The first-order chi connectivity index (χ1) is 11.5. The number of nitrogens with zero attached hydrogens (tertiary/aromatic N) is 1. The number of amides is 1. The Balaban J connectivity index is 0.00000225. The Morgan fingerprint density at radius 3 is 2.64 bits per heavy atom. The number of hydrogen-bond acceptors (Lipinski definition) is 4. The number of piperidine rings is 1. The Labute approximate surface area is 155 Å². The summed E-state index contributed by atoms with van der Waals surface area (Å²) < 4.78 is 27.4. The van der Waals surface area contributed by atoms with E-state index in [1.54, 1.807) is 22.5 Å². The summed E-state index contributed by atoms with van der Waals surface area (Å²) >= 11 is 0. The number of anilines is 1. The average Bonchev–Trinajstić information content (AvgIpc) is 2.75. The molecule has 1 aromatic rings. The van der Waals surface area contributed by atoms with Crippen LogP contribution in [0.2, 0.25) is 0 Å². The lowest BCUT2D eigenvalue weighted by molar-refractivity contribution is -0.116. The molecule has 0 bridgehead atoms. The third kappa shape index (κ3) is 4.53. The number of fused-ring (bicyclic) bond motifs is 1. The molecule has 1 fully saturated rings. The minimum atomic E-state index is -3.46. The molecule has 0 unspecified atom stereocenters. The van der Waals surface area contributed by atoms with Crippen LogP contribution in [0, 0.1) is 5.92 Å². The third-order valence-corrected chi connectivity index (χ3v) is 6.80. The zero-order valence-electron chi connectivity index (χ0n) is 14.5. The number of aryl methyl sites for hydroxylation is 1. The zero-order valence-corrected chi connectivity index (χ0v) is 16.1. The lowest BCUT2D eigenvalue weighted by Gasteiger charge is -2.31. The van der Waals surface area contributed by atoms with Crippen molar-refractivity contribution in [1.29, 1.82) is 0 Å². The Morgan fingerprint density at radius 1 is 1.24 bits per heavy atom. The molecule has 3 rings (SSSR count). The number of halogens is 1. The third-order valence-electron chi connectivity index (χ3n) is 4.90. The fraction of sp³-hybridized carbons (Fsp3) is 0.588. The predicted octanol–water partition coefficient (Wildman–Crippen LogP) is 2.00. The van der Waals surface area contributed by atoms with Crippen LogP contribution < -0.4 is 10.6 Å². The summed E-state index contributed by atoms with van der Waals surface area (Å²) in [6.45, 7) is 2.08. The van der Waals surface area contributed by atoms with Gasteiger partial charge in [0.2, 0.25) is 15.9 Å². The molecule has 25 heavy (non-hydrogen) atoms. The molecule has 1 saturated heterocycles. The van der Waals surface area contributed by atoms with E-state index < -0.39 is 10.0 Å². The van der Waals surface area contributed by atoms with Crippen LogP contribution in [0.15, 0.2) is 23.1 Å². The Kier molecular flexibility index (Phi) is 6.85. The van der Waals surface area contributed by atoms with Crippen LogP contribution in [0.25, 0.3) is 0 Å². The second-order valence-corrected chi connectivity index (χ2v) is 8.56. The van der Waals surface area contributed by atoms with Crippen LogP contribution in [0.5, 0.6) is 0 Å². The van der Waals surface area contributed by atoms with Gasteiger partial charge in [0, 0.05) is 25.2 Å². The molecule has 140 valence electrons. The Morgan fingerprint density at radius 2 is 1.96 bits per heavy atom. The van der Waals surface area contributed by atoms with Crippen molar-refractivity contribution in [3.05, 3.63) is 23.8 Å². The number of sulfonamides is 1. The van der Waals surface area contributed by atoms with E-state index in [0.717, 1.165) is 43.5 Å². The van der Waals surface area contributed by atoms with Crippen LogP contribution in [0.4, 0.5) is 5.69 Å². The van der Waals surface area contributed by atoms with Gasteiger partial charge in [-0.05, 0) is 69.0 Å². The lowest BCUT2D eigenvalue weighted by Crippen LogP contribution is -2.40. The van der Waals surface area contributed by atoms with E-state index in [0.29, 0.717) is 30.3 Å². The van der Waals surface area contributed by atoms with Crippen molar-refractivity contribution in [2.24, 2.45) is 5.92 Å². The van der Waals surface area contributed by atoms with Crippen LogP contribution in [-0.4, -0.2) is 45.3 Å². The Hall–Kier alpha value is -1.15. The molecule has 2 N–H and O–H groups in total. The highest BCUT2D eigenvalue weighted by atomic mass is 35.5. The number of hydrogen-bond donors (Lipinski definition) is 2. The molecule has 0 radical (unpaired) electrons. The molecular formula is C17H26ClN3O3S. The van der Waals surface area contributed by atoms with Crippen molar-refractivity contribution >= 4 is 34.0 Å². The van der Waals surface area contributed by atoms with Crippen LogP contribution in [0.1, 0.15) is 31.2 Å². The summed E-state index contributed by atoms with van der Waals surface area (Å²) in [7, 11) is -1.53. The highest BCUT2D eigenvalue weighted by molar-refractivity contribution is 7.89. The maximum Gasteiger partial charge on any atom is 0.243 e. The first-order valence-electron chi connectivity index (χ1n) is 8.58. The molecule has 2 aliphatic heterocycles. The number of carbonyl (C=O) groups is 1. The number of carbonyl (C=O) groups excluding carboxylic acids is 1. The summed E-state index contributed by atoms with van der Waals surface area (Å²) in [6.07, 6.45) is 3.73. The van der Waals surface area contributed by atoms with Gasteiger partial charge in [-0.2, -0.15) is 4.31 Å². The number of benzene rings is 1. The van der Waals surface area contributed by atoms with Crippen molar-refractivity contribution in [2.45, 2.75) is 37.0 Å². The highest BCUT2D eigenvalue weighted by Crippen LogP contribution is 2.28. The van der Waals surface area contributed by atoms with E-state index in [1.165, 1.54) is 0 Å². The SMILES string of the molecule is CNCC1CCN(S(=O)(=O)c2ccc3c(c2)CCCC(=O)N3)CC1.Cl. The van der Waals surface area contributed by atoms with Gasteiger partial charge >= 0.3 is 0 Å². The maximum absolute atomic E-state index is 12.9. The van der Waals surface area contributed by atoms with Crippen molar-refractivity contribution < 1.29 is 13.2 Å².